The maximum atomic E-state index is 6.40. The molecule has 2 unspecified atom stereocenters. The van der Waals surface area contributed by atoms with Gasteiger partial charge in [0.15, 0.2) is 5.16 Å². The second-order valence-corrected chi connectivity index (χ2v) is 5.91. The van der Waals surface area contributed by atoms with Crippen molar-refractivity contribution in [2.24, 2.45) is 5.73 Å². The zero-order valence-electron chi connectivity index (χ0n) is 10.8. The Labute approximate surface area is 116 Å². The summed E-state index contributed by atoms with van der Waals surface area (Å²) in [4.78, 5) is 7.38. The molecule has 0 saturated heterocycles. The predicted molar refractivity (Wildman–Crippen MR) is 76.5 cm³/mol. The van der Waals surface area contributed by atoms with E-state index < -0.39 is 0 Å². The number of hydrogen-bond donors (Lipinski definition) is 2. The Morgan fingerprint density at radius 2 is 2.37 bits per heavy atom. The SMILES string of the molecule is COc1ccc2c(c1)CCC(Sc1ncc[nH]1)C2N. The van der Waals surface area contributed by atoms with Gasteiger partial charge >= 0.3 is 0 Å². The van der Waals surface area contributed by atoms with E-state index in [0.29, 0.717) is 5.25 Å². The summed E-state index contributed by atoms with van der Waals surface area (Å²) in [6.45, 7) is 0. The van der Waals surface area contributed by atoms with Crippen molar-refractivity contribution < 1.29 is 4.74 Å². The van der Waals surface area contributed by atoms with Crippen molar-refractivity contribution in [3.8, 4) is 5.75 Å². The average Bonchev–Trinajstić information content (AvgIpc) is 2.94. The summed E-state index contributed by atoms with van der Waals surface area (Å²) in [7, 11) is 1.69. The van der Waals surface area contributed by atoms with Crippen LogP contribution in [0.3, 0.4) is 0 Å². The molecule has 2 atom stereocenters. The van der Waals surface area contributed by atoms with Crippen LogP contribution in [0.1, 0.15) is 23.6 Å². The third-order valence-corrected chi connectivity index (χ3v) is 4.82. The summed E-state index contributed by atoms with van der Waals surface area (Å²) < 4.78 is 5.27. The third-order valence-electron chi connectivity index (χ3n) is 3.54. The third kappa shape index (κ3) is 2.48. The lowest BCUT2D eigenvalue weighted by Gasteiger charge is -2.30. The van der Waals surface area contributed by atoms with Crippen molar-refractivity contribution in [1.82, 2.24) is 9.97 Å². The Hall–Kier alpha value is -1.46. The molecule has 0 bridgehead atoms. The number of methoxy groups -OCH3 is 1. The largest absolute Gasteiger partial charge is 0.497 e. The molecule has 0 radical (unpaired) electrons. The number of hydrogen-bond acceptors (Lipinski definition) is 4. The topological polar surface area (TPSA) is 63.9 Å². The van der Waals surface area contributed by atoms with Crippen LogP contribution in [-0.4, -0.2) is 22.3 Å². The Bertz CT molecular complexity index is 556. The van der Waals surface area contributed by atoms with E-state index in [1.165, 1.54) is 11.1 Å². The molecule has 0 fully saturated rings. The molecule has 1 heterocycles. The normalized spacial score (nSPS) is 22.0. The molecule has 3 rings (SSSR count). The van der Waals surface area contributed by atoms with Crippen LogP contribution in [0.2, 0.25) is 0 Å². The van der Waals surface area contributed by atoms with Crippen molar-refractivity contribution in [2.45, 2.75) is 29.3 Å². The fraction of sp³-hybridized carbons (Fsp3) is 0.357. The van der Waals surface area contributed by atoms with Gasteiger partial charge in [-0.15, -0.1) is 0 Å². The molecule has 5 heteroatoms. The molecule has 1 aliphatic carbocycles. The number of H-pyrrole nitrogens is 1. The fourth-order valence-electron chi connectivity index (χ4n) is 2.52. The van der Waals surface area contributed by atoms with Gasteiger partial charge in [-0.25, -0.2) is 4.98 Å². The van der Waals surface area contributed by atoms with Gasteiger partial charge in [0.1, 0.15) is 5.75 Å². The average molecular weight is 275 g/mol. The molecule has 0 aliphatic heterocycles. The van der Waals surface area contributed by atoms with Gasteiger partial charge in [-0.2, -0.15) is 0 Å². The van der Waals surface area contributed by atoms with Crippen molar-refractivity contribution >= 4 is 11.8 Å². The van der Waals surface area contributed by atoms with Crippen molar-refractivity contribution in [3.05, 3.63) is 41.7 Å². The maximum absolute atomic E-state index is 6.40. The minimum Gasteiger partial charge on any atom is -0.497 e. The van der Waals surface area contributed by atoms with E-state index in [-0.39, 0.29) is 6.04 Å². The van der Waals surface area contributed by atoms with Crippen molar-refractivity contribution in [1.29, 1.82) is 0 Å². The van der Waals surface area contributed by atoms with Crippen molar-refractivity contribution in [3.63, 3.8) is 0 Å². The molecule has 0 amide bonds. The molecule has 2 aromatic rings. The zero-order valence-corrected chi connectivity index (χ0v) is 11.6. The van der Waals surface area contributed by atoms with Gasteiger partial charge in [0.2, 0.25) is 0 Å². The highest BCUT2D eigenvalue weighted by Gasteiger charge is 2.28. The molecule has 1 aliphatic rings. The van der Waals surface area contributed by atoms with Crippen molar-refractivity contribution in [2.75, 3.05) is 7.11 Å². The molecular weight excluding hydrogens is 258 g/mol. The highest BCUT2D eigenvalue weighted by molar-refractivity contribution is 7.99. The fourth-order valence-corrected chi connectivity index (χ4v) is 3.59. The first kappa shape index (κ1) is 12.6. The van der Waals surface area contributed by atoms with E-state index in [9.17, 15) is 0 Å². The molecular formula is C14H17N3OS. The van der Waals surface area contributed by atoms with Gasteiger partial charge in [-0.05, 0) is 36.1 Å². The van der Waals surface area contributed by atoms with Gasteiger partial charge in [0.05, 0.1) is 7.11 Å². The first-order valence-corrected chi connectivity index (χ1v) is 7.24. The van der Waals surface area contributed by atoms with Gasteiger partial charge in [0.25, 0.3) is 0 Å². The molecule has 3 N–H and O–H groups in total. The number of imidazole rings is 1. The van der Waals surface area contributed by atoms with Crippen LogP contribution in [0, 0.1) is 0 Å². The van der Waals surface area contributed by atoms with Crippen LogP contribution in [0.4, 0.5) is 0 Å². The van der Waals surface area contributed by atoms with Crippen LogP contribution in [0.25, 0.3) is 0 Å². The molecule has 0 spiro atoms. The number of fused-ring (bicyclic) bond motifs is 1. The minimum absolute atomic E-state index is 0.0461. The molecule has 0 saturated carbocycles. The molecule has 1 aromatic carbocycles. The second-order valence-electron chi connectivity index (χ2n) is 4.68. The van der Waals surface area contributed by atoms with Gasteiger partial charge in [-0.3, -0.25) is 0 Å². The van der Waals surface area contributed by atoms with Crippen LogP contribution in [-0.2, 0) is 6.42 Å². The Balaban J connectivity index is 1.81. The summed E-state index contributed by atoms with van der Waals surface area (Å²) in [5.41, 5.74) is 8.94. The number of nitrogens with two attached hydrogens (primary N) is 1. The van der Waals surface area contributed by atoms with E-state index in [4.69, 9.17) is 10.5 Å². The molecule has 1 aromatic heterocycles. The second kappa shape index (κ2) is 5.27. The number of rotatable bonds is 3. The minimum atomic E-state index is 0.0461. The van der Waals surface area contributed by atoms with Crippen LogP contribution < -0.4 is 10.5 Å². The number of aromatic nitrogens is 2. The summed E-state index contributed by atoms with van der Waals surface area (Å²) in [6, 6.07) is 6.22. The van der Waals surface area contributed by atoms with Crippen LogP contribution in [0.5, 0.6) is 5.75 Å². The van der Waals surface area contributed by atoms with E-state index in [2.05, 4.69) is 22.1 Å². The Morgan fingerprint density at radius 3 is 3.11 bits per heavy atom. The number of benzene rings is 1. The maximum Gasteiger partial charge on any atom is 0.165 e. The number of nitrogens with one attached hydrogen (secondary N) is 1. The number of thioether (sulfide) groups is 1. The quantitative estimate of drug-likeness (QED) is 0.903. The molecule has 19 heavy (non-hydrogen) atoms. The lowest BCUT2D eigenvalue weighted by atomic mass is 9.87. The highest BCUT2D eigenvalue weighted by atomic mass is 32.2. The smallest absolute Gasteiger partial charge is 0.165 e. The Kier molecular flexibility index (Phi) is 3.48. The Morgan fingerprint density at radius 1 is 1.47 bits per heavy atom. The summed E-state index contributed by atoms with van der Waals surface area (Å²) in [5.74, 6) is 0.906. The van der Waals surface area contributed by atoms with Crippen LogP contribution in [0.15, 0.2) is 35.7 Å². The van der Waals surface area contributed by atoms with Gasteiger partial charge < -0.3 is 15.5 Å². The monoisotopic (exact) mass is 275 g/mol. The zero-order chi connectivity index (χ0) is 13.2. The summed E-state index contributed by atoms with van der Waals surface area (Å²) >= 11 is 1.73. The summed E-state index contributed by atoms with van der Waals surface area (Å²) in [6.07, 6.45) is 5.72. The van der Waals surface area contributed by atoms with E-state index in [0.717, 1.165) is 23.7 Å². The van der Waals surface area contributed by atoms with Gasteiger partial charge in [-0.1, -0.05) is 17.8 Å². The van der Waals surface area contributed by atoms with E-state index in [1.807, 2.05) is 12.3 Å². The molecule has 4 nitrogen and oxygen atoms in total. The van der Waals surface area contributed by atoms with Gasteiger partial charge in [0, 0.05) is 23.7 Å². The first-order valence-electron chi connectivity index (χ1n) is 6.36. The van der Waals surface area contributed by atoms with E-state index in [1.54, 1.807) is 25.1 Å². The predicted octanol–water partition coefficient (Wildman–Crippen LogP) is 2.53. The number of nitrogens with zero attached hydrogens (tertiary/aromatic N) is 1. The van der Waals surface area contributed by atoms with Crippen LogP contribution >= 0.6 is 11.8 Å². The lowest BCUT2D eigenvalue weighted by Crippen LogP contribution is -2.29. The standard InChI is InChI=1S/C14H17N3OS/c1-18-10-3-4-11-9(8-10)2-5-12(13(11)15)19-14-16-6-7-17-14/h3-4,6-8,12-13H,2,5,15H2,1H3,(H,16,17). The number of aromatic amines is 1. The highest BCUT2D eigenvalue weighted by Crippen LogP contribution is 2.38. The summed E-state index contributed by atoms with van der Waals surface area (Å²) in [5, 5.41) is 1.31. The number of aryl methyl sites for hydroxylation is 1. The first-order chi connectivity index (χ1) is 9.28. The van der Waals surface area contributed by atoms with E-state index >= 15 is 0 Å². The lowest BCUT2D eigenvalue weighted by molar-refractivity contribution is 0.413. The number of ether oxygens (including phenoxy) is 1. The molecule has 100 valence electrons.